The number of hydrogen-bond acceptors (Lipinski definition) is 5. The molecule has 1 saturated heterocycles. The summed E-state index contributed by atoms with van der Waals surface area (Å²) in [5.74, 6) is 1.55. The van der Waals surface area contributed by atoms with Crippen molar-refractivity contribution in [3.8, 4) is 0 Å². The molecule has 3 rings (SSSR count). The molecule has 0 bridgehead atoms. The van der Waals surface area contributed by atoms with Gasteiger partial charge in [-0.05, 0) is 25.7 Å². The van der Waals surface area contributed by atoms with E-state index in [1.54, 1.807) is 6.33 Å². The fourth-order valence-electron chi connectivity index (χ4n) is 2.49. The Bertz CT molecular complexity index is 547. The molecule has 1 N–H and O–H groups in total. The van der Waals surface area contributed by atoms with Crippen LogP contribution < -0.4 is 4.72 Å². The molecule has 2 fully saturated rings. The molecule has 1 aromatic rings. The van der Waals surface area contributed by atoms with Gasteiger partial charge in [0.15, 0.2) is 0 Å². The van der Waals surface area contributed by atoms with Crippen LogP contribution in [0.2, 0.25) is 0 Å². The monoisotopic (exact) mass is 300 g/mol. The summed E-state index contributed by atoms with van der Waals surface area (Å²) in [6.45, 7) is 1.61. The van der Waals surface area contributed by atoms with Crippen LogP contribution in [0.4, 0.5) is 0 Å². The van der Waals surface area contributed by atoms with Crippen LogP contribution in [0.25, 0.3) is 0 Å². The number of hydrogen-bond donors (Lipinski definition) is 1. The molecule has 0 amide bonds. The Morgan fingerprint density at radius 2 is 2.25 bits per heavy atom. The smallest absolute Gasteiger partial charge is 0.214 e. The van der Waals surface area contributed by atoms with Crippen LogP contribution in [0.5, 0.6) is 0 Å². The van der Waals surface area contributed by atoms with E-state index in [1.807, 2.05) is 4.57 Å². The van der Waals surface area contributed by atoms with Gasteiger partial charge in [-0.3, -0.25) is 0 Å². The minimum absolute atomic E-state index is 0.0602. The largest absolute Gasteiger partial charge is 0.377 e. The van der Waals surface area contributed by atoms with Gasteiger partial charge in [0.05, 0.1) is 11.9 Å². The topological polar surface area (TPSA) is 86.1 Å². The van der Waals surface area contributed by atoms with Crippen molar-refractivity contribution in [1.82, 2.24) is 19.5 Å². The minimum Gasteiger partial charge on any atom is -0.377 e. The van der Waals surface area contributed by atoms with Crippen molar-refractivity contribution in [3.63, 3.8) is 0 Å². The van der Waals surface area contributed by atoms with Gasteiger partial charge in [0.2, 0.25) is 10.0 Å². The van der Waals surface area contributed by atoms with Crippen molar-refractivity contribution in [3.05, 3.63) is 12.2 Å². The van der Waals surface area contributed by atoms with Crippen LogP contribution >= 0.6 is 0 Å². The van der Waals surface area contributed by atoms with E-state index in [-0.39, 0.29) is 11.9 Å². The number of nitrogens with zero attached hydrogens (tertiary/aromatic N) is 3. The van der Waals surface area contributed by atoms with E-state index in [4.69, 9.17) is 4.74 Å². The Hall–Kier alpha value is -0.990. The first-order valence-corrected chi connectivity index (χ1v) is 8.76. The quantitative estimate of drug-likeness (QED) is 0.780. The molecular formula is C12H20N4O3S. The number of rotatable bonds is 7. The molecule has 1 atom stereocenters. The summed E-state index contributed by atoms with van der Waals surface area (Å²) in [5.41, 5.74) is 0. The van der Waals surface area contributed by atoms with Gasteiger partial charge in [-0.15, -0.1) is 10.2 Å². The van der Waals surface area contributed by atoms with E-state index in [0.29, 0.717) is 25.6 Å². The standard InChI is InChI=1S/C12H20N4O3S/c17-20(18,8-11-2-1-7-19-11)14-5-6-16-9-13-15-12(16)10-3-4-10/h9-11,14H,1-8H2. The van der Waals surface area contributed by atoms with Crippen LogP contribution in [-0.2, 0) is 21.3 Å². The molecule has 0 aromatic carbocycles. The minimum atomic E-state index is -3.26. The molecule has 1 aliphatic heterocycles. The lowest BCUT2D eigenvalue weighted by Gasteiger charge is -2.12. The molecule has 0 spiro atoms. The zero-order chi connectivity index (χ0) is 14.0. The lowest BCUT2D eigenvalue weighted by molar-refractivity contribution is 0.127. The molecule has 0 radical (unpaired) electrons. The Balaban J connectivity index is 1.47. The summed E-state index contributed by atoms with van der Waals surface area (Å²) in [5, 5.41) is 7.99. The summed E-state index contributed by atoms with van der Waals surface area (Å²) in [7, 11) is -3.26. The van der Waals surface area contributed by atoms with Crippen LogP contribution in [0.15, 0.2) is 6.33 Å². The van der Waals surface area contributed by atoms with Crippen molar-refractivity contribution in [2.75, 3.05) is 18.9 Å². The van der Waals surface area contributed by atoms with E-state index >= 15 is 0 Å². The van der Waals surface area contributed by atoms with Crippen molar-refractivity contribution < 1.29 is 13.2 Å². The zero-order valence-corrected chi connectivity index (χ0v) is 12.2. The summed E-state index contributed by atoms with van der Waals surface area (Å²) >= 11 is 0. The molecule has 7 nitrogen and oxygen atoms in total. The maximum absolute atomic E-state index is 11.9. The summed E-state index contributed by atoms with van der Waals surface area (Å²) in [4.78, 5) is 0. The molecule has 2 heterocycles. The number of sulfonamides is 1. The first kappa shape index (κ1) is 14.0. The molecule has 2 aliphatic rings. The van der Waals surface area contributed by atoms with Gasteiger partial charge in [-0.1, -0.05) is 0 Å². The van der Waals surface area contributed by atoms with Gasteiger partial charge in [0.25, 0.3) is 0 Å². The van der Waals surface area contributed by atoms with Gasteiger partial charge < -0.3 is 9.30 Å². The van der Waals surface area contributed by atoms with Gasteiger partial charge in [-0.2, -0.15) is 0 Å². The number of nitrogens with one attached hydrogen (secondary N) is 1. The van der Waals surface area contributed by atoms with Crippen molar-refractivity contribution >= 4 is 10.0 Å². The van der Waals surface area contributed by atoms with Crippen LogP contribution in [0, 0.1) is 0 Å². The van der Waals surface area contributed by atoms with Crippen molar-refractivity contribution in [1.29, 1.82) is 0 Å². The highest BCUT2D eigenvalue weighted by Crippen LogP contribution is 2.38. The summed E-state index contributed by atoms with van der Waals surface area (Å²) < 4.78 is 33.7. The van der Waals surface area contributed by atoms with Crippen molar-refractivity contribution in [2.24, 2.45) is 0 Å². The second-order valence-corrected chi connectivity index (χ2v) is 7.32. The molecule has 1 aromatic heterocycles. The highest BCUT2D eigenvalue weighted by atomic mass is 32.2. The average Bonchev–Trinajstić information content (AvgIpc) is 2.92. The van der Waals surface area contributed by atoms with E-state index in [9.17, 15) is 8.42 Å². The van der Waals surface area contributed by atoms with Crippen LogP contribution in [0.1, 0.15) is 37.4 Å². The molecule has 1 saturated carbocycles. The van der Waals surface area contributed by atoms with Gasteiger partial charge in [0, 0.05) is 25.6 Å². The van der Waals surface area contributed by atoms with Gasteiger partial charge in [0.1, 0.15) is 12.2 Å². The second kappa shape index (κ2) is 5.79. The molecule has 1 aliphatic carbocycles. The maximum Gasteiger partial charge on any atom is 0.214 e. The highest BCUT2D eigenvalue weighted by molar-refractivity contribution is 7.89. The highest BCUT2D eigenvalue weighted by Gasteiger charge is 2.28. The number of aromatic nitrogens is 3. The molecule has 8 heteroatoms. The normalized spacial score (nSPS) is 23.3. The maximum atomic E-state index is 11.9. The van der Waals surface area contributed by atoms with E-state index in [0.717, 1.165) is 31.5 Å². The van der Waals surface area contributed by atoms with E-state index in [2.05, 4.69) is 14.9 Å². The Kier molecular flexibility index (Phi) is 4.04. The van der Waals surface area contributed by atoms with Gasteiger partial charge >= 0.3 is 0 Å². The Labute approximate surface area is 118 Å². The third-order valence-electron chi connectivity index (χ3n) is 3.69. The SMILES string of the molecule is O=S(=O)(CC1CCCO1)NCCn1cnnc1C1CC1. The Morgan fingerprint density at radius 1 is 1.40 bits per heavy atom. The van der Waals surface area contributed by atoms with Crippen molar-refractivity contribution in [2.45, 2.75) is 44.2 Å². The fraction of sp³-hybridized carbons (Fsp3) is 0.833. The third kappa shape index (κ3) is 3.56. The molecule has 20 heavy (non-hydrogen) atoms. The van der Waals surface area contributed by atoms with E-state index < -0.39 is 10.0 Å². The molecule has 112 valence electrons. The van der Waals surface area contributed by atoms with Gasteiger partial charge in [-0.25, -0.2) is 13.1 Å². The summed E-state index contributed by atoms with van der Waals surface area (Å²) in [6.07, 6.45) is 5.61. The fourth-order valence-corrected chi connectivity index (χ4v) is 3.77. The molecular weight excluding hydrogens is 280 g/mol. The Morgan fingerprint density at radius 3 is 2.95 bits per heavy atom. The molecule has 1 unspecified atom stereocenters. The van der Waals surface area contributed by atoms with E-state index in [1.165, 1.54) is 0 Å². The predicted molar refractivity (Wildman–Crippen MR) is 72.8 cm³/mol. The van der Waals surface area contributed by atoms with Crippen LogP contribution in [0.3, 0.4) is 0 Å². The first-order valence-electron chi connectivity index (χ1n) is 7.11. The lowest BCUT2D eigenvalue weighted by Crippen LogP contribution is -2.34. The first-order chi connectivity index (χ1) is 9.64. The zero-order valence-electron chi connectivity index (χ0n) is 11.4. The van der Waals surface area contributed by atoms with Crippen LogP contribution in [-0.4, -0.2) is 48.2 Å². The predicted octanol–water partition coefficient (Wildman–Crippen LogP) is 0.254. The third-order valence-corrected chi connectivity index (χ3v) is 5.15. The lowest BCUT2D eigenvalue weighted by atomic mass is 10.3. The summed E-state index contributed by atoms with van der Waals surface area (Å²) in [6, 6.07) is 0. The number of ether oxygens (including phenoxy) is 1. The second-order valence-electron chi connectivity index (χ2n) is 5.47. The average molecular weight is 300 g/mol.